The van der Waals surface area contributed by atoms with Crippen molar-refractivity contribution in [2.24, 2.45) is 5.41 Å². The number of benzene rings is 3. The summed E-state index contributed by atoms with van der Waals surface area (Å²) in [7, 11) is 0. The van der Waals surface area contributed by atoms with Crippen molar-refractivity contribution < 1.29 is 24.0 Å². The van der Waals surface area contributed by atoms with E-state index in [2.05, 4.69) is 5.32 Å². The molecule has 2 fully saturated rings. The Balaban J connectivity index is 1.18. The lowest BCUT2D eigenvalue weighted by Crippen LogP contribution is -2.52. The molecule has 0 radical (unpaired) electrons. The van der Waals surface area contributed by atoms with E-state index in [0.29, 0.717) is 30.6 Å². The van der Waals surface area contributed by atoms with Crippen molar-refractivity contribution in [1.82, 2.24) is 10.2 Å². The van der Waals surface area contributed by atoms with Crippen LogP contribution >= 0.6 is 0 Å². The van der Waals surface area contributed by atoms with Crippen molar-refractivity contribution >= 4 is 17.5 Å². The summed E-state index contributed by atoms with van der Waals surface area (Å²) in [6.07, 6.45) is 2.83. The fourth-order valence-corrected chi connectivity index (χ4v) is 5.74. The van der Waals surface area contributed by atoms with Crippen LogP contribution in [0.3, 0.4) is 0 Å². The fourth-order valence-electron chi connectivity index (χ4n) is 5.74. The van der Waals surface area contributed by atoms with Gasteiger partial charge in [0.1, 0.15) is 5.82 Å². The number of likely N-dealkylation sites (tertiary alicyclic amines) is 1. The first-order chi connectivity index (χ1) is 18.1. The van der Waals surface area contributed by atoms with Crippen LogP contribution in [0, 0.1) is 28.3 Å². The molecule has 2 N–H and O–H groups in total. The summed E-state index contributed by atoms with van der Waals surface area (Å²) in [5.74, 6) is -1.21. The number of phenols is 1. The molecule has 0 atom stereocenters. The van der Waals surface area contributed by atoms with Crippen molar-refractivity contribution in [3.63, 3.8) is 0 Å². The molecule has 0 bridgehead atoms. The van der Waals surface area contributed by atoms with Gasteiger partial charge in [0.05, 0.1) is 4.92 Å². The molecule has 196 valence electrons. The van der Waals surface area contributed by atoms with Gasteiger partial charge in [-0.05, 0) is 85.0 Å². The maximum atomic E-state index is 13.5. The van der Waals surface area contributed by atoms with E-state index in [9.17, 15) is 29.2 Å². The summed E-state index contributed by atoms with van der Waals surface area (Å²) in [6, 6.07) is 16.1. The van der Waals surface area contributed by atoms with E-state index in [-0.39, 0.29) is 28.7 Å². The zero-order valence-corrected chi connectivity index (χ0v) is 20.9. The van der Waals surface area contributed by atoms with Crippen molar-refractivity contribution in [2.75, 3.05) is 13.1 Å². The molecule has 38 heavy (non-hydrogen) atoms. The Morgan fingerprint density at radius 1 is 1.13 bits per heavy atom. The summed E-state index contributed by atoms with van der Waals surface area (Å²) in [5.41, 5.74) is 2.44. The van der Waals surface area contributed by atoms with Gasteiger partial charge in [0.25, 0.3) is 11.8 Å². The number of carbonyl (C=O) groups excluding carboxylic acids is 2. The molecular weight excluding hydrogens is 489 g/mol. The number of phenolic OH excluding ortho intramolecular Hbond substituents is 1. The van der Waals surface area contributed by atoms with Crippen molar-refractivity contribution in [2.45, 2.75) is 38.6 Å². The number of aryl methyl sites for hydroxylation is 1. The number of halogens is 1. The maximum Gasteiger partial charge on any atom is 0.311 e. The molecule has 1 saturated heterocycles. The topological polar surface area (TPSA) is 113 Å². The lowest BCUT2D eigenvalue weighted by Gasteiger charge is -2.45. The number of nitro groups is 1. The van der Waals surface area contributed by atoms with Gasteiger partial charge in [0, 0.05) is 36.3 Å². The first kappa shape index (κ1) is 25.4. The van der Waals surface area contributed by atoms with Crippen molar-refractivity contribution in [3.8, 4) is 5.75 Å². The molecule has 1 heterocycles. The monoisotopic (exact) mass is 517 g/mol. The average molecular weight is 518 g/mol. The van der Waals surface area contributed by atoms with Gasteiger partial charge in [-0.1, -0.05) is 24.3 Å². The number of amides is 2. The number of carbonyl (C=O) groups is 2. The summed E-state index contributed by atoms with van der Waals surface area (Å²) in [5, 5.41) is 23.9. The molecule has 0 unspecified atom stereocenters. The Hall–Kier alpha value is -4.27. The van der Waals surface area contributed by atoms with Crippen LogP contribution < -0.4 is 5.32 Å². The fraction of sp³-hybridized carbons (Fsp3) is 0.310. The molecule has 5 rings (SSSR count). The molecule has 8 nitrogen and oxygen atoms in total. The second kappa shape index (κ2) is 9.89. The molecular formula is C29H28FN3O5. The van der Waals surface area contributed by atoms with Crippen molar-refractivity contribution in [1.29, 1.82) is 0 Å². The quantitative estimate of drug-likeness (QED) is 0.362. The highest BCUT2D eigenvalue weighted by Crippen LogP contribution is 2.48. The van der Waals surface area contributed by atoms with Gasteiger partial charge in [-0.25, -0.2) is 4.39 Å². The van der Waals surface area contributed by atoms with E-state index in [1.165, 1.54) is 18.2 Å². The Morgan fingerprint density at radius 3 is 2.55 bits per heavy atom. The number of hydrogen-bond acceptors (Lipinski definition) is 5. The first-order valence-electron chi connectivity index (χ1n) is 12.5. The molecule has 1 spiro atoms. The molecule has 1 aliphatic carbocycles. The predicted molar refractivity (Wildman–Crippen MR) is 139 cm³/mol. The smallest absolute Gasteiger partial charge is 0.311 e. The van der Waals surface area contributed by atoms with E-state index in [0.717, 1.165) is 36.5 Å². The maximum absolute atomic E-state index is 13.5. The van der Waals surface area contributed by atoms with Crippen LogP contribution in [0.5, 0.6) is 5.75 Å². The third kappa shape index (κ3) is 5.09. The summed E-state index contributed by atoms with van der Waals surface area (Å²) >= 11 is 0. The second-order valence-electron chi connectivity index (χ2n) is 10.5. The van der Waals surface area contributed by atoms with Crippen molar-refractivity contribution in [3.05, 3.63) is 104 Å². The standard InChI is InChI=1S/C29H28FN3O5/c1-18-10-26(34)25(33(37)38)14-24(18)27(35)31-23-15-29(16-23)8-9-32(17-29)28(36)21-6-2-4-19(12-21)11-20-5-3-7-22(30)13-20/h2-7,10,12-14,23,34H,8-9,11,15-17H2,1H3,(H,31,35). The highest BCUT2D eigenvalue weighted by Gasteiger charge is 2.50. The van der Waals surface area contributed by atoms with Gasteiger partial charge in [-0.3, -0.25) is 19.7 Å². The largest absolute Gasteiger partial charge is 0.502 e. The zero-order valence-electron chi connectivity index (χ0n) is 20.9. The Labute approximate surface area is 219 Å². The summed E-state index contributed by atoms with van der Waals surface area (Å²) in [4.78, 5) is 38.3. The van der Waals surface area contributed by atoms with Crippen LogP contribution in [-0.2, 0) is 6.42 Å². The summed E-state index contributed by atoms with van der Waals surface area (Å²) < 4.78 is 13.5. The van der Waals surface area contributed by atoms with Gasteiger partial charge in [0.15, 0.2) is 5.75 Å². The van der Waals surface area contributed by atoms with Gasteiger partial charge < -0.3 is 15.3 Å². The number of nitrogens with zero attached hydrogens (tertiary/aromatic N) is 2. The van der Waals surface area contributed by atoms with Crippen LogP contribution in [0.4, 0.5) is 10.1 Å². The minimum absolute atomic E-state index is 0.0394. The van der Waals surface area contributed by atoms with Crippen LogP contribution in [-0.4, -0.2) is 45.9 Å². The average Bonchev–Trinajstić information content (AvgIpc) is 3.29. The van der Waals surface area contributed by atoms with Crippen LogP contribution in [0.15, 0.2) is 60.7 Å². The molecule has 1 aliphatic heterocycles. The van der Waals surface area contributed by atoms with Crippen LogP contribution in [0.1, 0.15) is 56.7 Å². The molecule has 1 saturated carbocycles. The van der Waals surface area contributed by atoms with E-state index in [1.807, 2.05) is 29.2 Å². The predicted octanol–water partition coefficient (Wildman–Crippen LogP) is 4.76. The zero-order chi connectivity index (χ0) is 27.0. The number of nitro benzene ring substituents is 1. The van der Waals surface area contributed by atoms with Gasteiger partial charge >= 0.3 is 5.69 Å². The van der Waals surface area contributed by atoms with Gasteiger partial charge in [-0.15, -0.1) is 0 Å². The molecule has 0 aromatic heterocycles. The van der Waals surface area contributed by atoms with Gasteiger partial charge in [0.2, 0.25) is 0 Å². The third-order valence-corrected chi connectivity index (χ3v) is 7.65. The van der Waals surface area contributed by atoms with E-state index in [1.54, 1.807) is 19.1 Å². The molecule has 2 aliphatic rings. The summed E-state index contributed by atoms with van der Waals surface area (Å²) in [6.45, 7) is 2.86. The molecule has 2 amide bonds. The highest BCUT2D eigenvalue weighted by atomic mass is 19.1. The Morgan fingerprint density at radius 2 is 1.84 bits per heavy atom. The minimum atomic E-state index is -0.717. The first-order valence-corrected chi connectivity index (χ1v) is 12.5. The van der Waals surface area contributed by atoms with Crippen LogP contribution in [0.2, 0.25) is 0 Å². The highest BCUT2D eigenvalue weighted by molar-refractivity contribution is 5.97. The van der Waals surface area contributed by atoms with E-state index >= 15 is 0 Å². The Bertz CT molecular complexity index is 1430. The SMILES string of the molecule is Cc1cc(O)c([N+](=O)[O-])cc1C(=O)NC1CC2(CCN(C(=O)c3cccc(Cc4cccc(F)c4)c3)C2)C1. The molecule has 3 aromatic carbocycles. The number of hydrogen-bond donors (Lipinski definition) is 2. The normalized spacial score (nSPS) is 20.3. The van der Waals surface area contributed by atoms with E-state index < -0.39 is 22.3 Å². The lowest BCUT2D eigenvalue weighted by molar-refractivity contribution is -0.385. The number of nitrogens with one attached hydrogen (secondary N) is 1. The molecule has 9 heteroatoms. The second-order valence-corrected chi connectivity index (χ2v) is 10.5. The molecule has 3 aromatic rings. The number of rotatable bonds is 6. The lowest BCUT2D eigenvalue weighted by atomic mass is 9.65. The minimum Gasteiger partial charge on any atom is -0.502 e. The van der Waals surface area contributed by atoms with Crippen LogP contribution in [0.25, 0.3) is 0 Å². The third-order valence-electron chi connectivity index (χ3n) is 7.65. The Kier molecular flexibility index (Phi) is 6.60. The van der Waals surface area contributed by atoms with Gasteiger partial charge in [-0.2, -0.15) is 0 Å². The van der Waals surface area contributed by atoms with E-state index in [4.69, 9.17) is 0 Å². The number of aromatic hydroxyl groups is 1.